The molecule has 2 aromatic carbocycles. The molecule has 2 saturated heterocycles. The van der Waals surface area contributed by atoms with Crippen molar-refractivity contribution in [2.45, 2.75) is 58.0 Å². The van der Waals surface area contributed by atoms with E-state index in [1.54, 1.807) is 16.0 Å². The Morgan fingerprint density at radius 2 is 1.52 bits per heavy atom. The van der Waals surface area contributed by atoms with Gasteiger partial charge in [0.1, 0.15) is 22.7 Å². The number of rotatable bonds is 7. The van der Waals surface area contributed by atoms with Crippen LogP contribution in [-0.4, -0.2) is 107 Å². The topological polar surface area (TPSA) is 111 Å². The molecule has 0 saturated carbocycles. The van der Waals surface area contributed by atoms with Crippen LogP contribution in [0.25, 0.3) is 0 Å². The lowest BCUT2D eigenvalue weighted by molar-refractivity contribution is -0.139. The molecule has 3 aliphatic rings. The van der Waals surface area contributed by atoms with E-state index in [0.29, 0.717) is 73.1 Å². The number of halogens is 2. The molecular weight excluding hydrogens is 701 g/mol. The number of carbonyl (C=O) groups excluding carboxylic acids is 3. The number of hydrogen-bond acceptors (Lipinski definition) is 7. The van der Waals surface area contributed by atoms with Gasteiger partial charge >= 0.3 is 6.03 Å². The molecule has 3 aromatic rings. The van der Waals surface area contributed by atoms with E-state index in [4.69, 9.17) is 37.9 Å². The molecule has 3 aliphatic heterocycles. The molecule has 0 bridgehead atoms. The third kappa shape index (κ3) is 7.10. The average molecular weight is 749 g/mol. The maximum absolute atomic E-state index is 15.2. The standard InChI is InChI=1S/C39H47Cl2N7O4/c1-7-52-31-22-32(37(2,3)4)43-23-30(31)35-44-38(5,26-8-12-28(40)13-9-26)39(6,27-10-14-29(41)15-11-27)48(35)36(51)46-20-18-45(19-21-46)25-34(50)47-17-16-42-33(49)24-47/h8-15,22-23H,7,16-21,24-25H2,1-6H3,(H,42,49)/t38-,39+/m0/s1. The number of nitrogens with one attached hydrogen (secondary N) is 1. The average Bonchev–Trinajstić information content (AvgIpc) is 3.36. The van der Waals surface area contributed by atoms with Crippen molar-refractivity contribution in [3.63, 3.8) is 0 Å². The Hall–Kier alpha value is -4.19. The first-order chi connectivity index (χ1) is 24.7. The number of urea groups is 1. The van der Waals surface area contributed by atoms with E-state index >= 15 is 4.79 Å². The Morgan fingerprint density at radius 3 is 2.10 bits per heavy atom. The SMILES string of the molecule is CCOc1cc(C(C)(C)C)ncc1C1=N[C@@](C)(c2ccc(Cl)cc2)[C@@](C)(c2ccc(Cl)cc2)N1C(=O)N1CCN(CC(=O)N2CCNC(=O)C2)CC1. The van der Waals surface area contributed by atoms with Gasteiger partial charge in [0.25, 0.3) is 0 Å². The van der Waals surface area contributed by atoms with Gasteiger partial charge in [0, 0.05) is 72.7 Å². The Bertz CT molecular complexity index is 1860. The summed E-state index contributed by atoms with van der Waals surface area (Å²) in [5.41, 5.74) is 0.865. The van der Waals surface area contributed by atoms with E-state index in [-0.39, 0.29) is 36.3 Å². The third-order valence-electron chi connectivity index (χ3n) is 10.5. The minimum absolute atomic E-state index is 0.0688. The lowest BCUT2D eigenvalue weighted by atomic mass is 9.71. The summed E-state index contributed by atoms with van der Waals surface area (Å²) in [6, 6.07) is 16.9. The number of ether oxygens (including phenoxy) is 1. The molecule has 276 valence electrons. The van der Waals surface area contributed by atoms with Crippen molar-refractivity contribution < 1.29 is 19.1 Å². The Labute approximate surface area is 315 Å². The summed E-state index contributed by atoms with van der Waals surface area (Å²) >= 11 is 12.8. The number of pyridine rings is 1. The maximum Gasteiger partial charge on any atom is 0.326 e. The Balaban J connectivity index is 1.42. The second kappa shape index (κ2) is 14.7. The molecule has 2 atom stereocenters. The summed E-state index contributed by atoms with van der Waals surface area (Å²) in [4.78, 5) is 57.8. The van der Waals surface area contributed by atoms with E-state index in [1.165, 1.54) is 0 Å². The third-order valence-corrected chi connectivity index (χ3v) is 11.0. The van der Waals surface area contributed by atoms with Gasteiger partial charge in [-0.3, -0.25) is 29.4 Å². The molecule has 1 N–H and O–H groups in total. The van der Waals surface area contributed by atoms with Crippen LogP contribution in [0.2, 0.25) is 10.0 Å². The van der Waals surface area contributed by atoms with E-state index in [9.17, 15) is 9.59 Å². The number of aliphatic imine (C=N–C) groups is 1. The first kappa shape index (κ1) is 37.6. The highest BCUT2D eigenvalue weighted by Crippen LogP contribution is 2.54. The first-order valence-electron chi connectivity index (χ1n) is 17.8. The number of amidine groups is 1. The predicted molar refractivity (Wildman–Crippen MR) is 203 cm³/mol. The zero-order chi connectivity index (χ0) is 37.4. The fraction of sp³-hybridized carbons (Fsp3) is 0.462. The van der Waals surface area contributed by atoms with Crippen molar-refractivity contribution in [1.29, 1.82) is 0 Å². The van der Waals surface area contributed by atoms with Crippen molar-refractivity contribution in [2.75, 3.05) is 59.0 Å². The first-order valence-corrected chi connectivity index (χ1v) is 18.5. The number of hydrogen-bond donors (Lipinski definition) is 1. The van der Waals surface area contributed by atoms with Crippen LogP contribution in [0.4, 0.5) is 4.79 Å². The molecule has 6 rings (SSSR count). The molecule has 4 amide bonds. The molecule has 0 spiro atoms. The number of benzene rings is 2. The van der Waals surface area contributed by atoms with Crippen LogP contribution in [-0.2, 0) is 26.1 Å². The van der Waals surface area contributed by atoms with Gasteiger partial charge in [-0.15, -0.1) is 0 Å². The zero-order valence-corrected chi connectivity index (χ0v) is 32.2. The van der Waals surface area contributed by atoms with Crippen molar-refractivity contribution in [1.82, 2.24) is 29.9 Å². The van der Waals surface area contributed by atoms with Gasteiger partial charge in [0.05, 0.1) is 25.3 Å². The predicted octanol–water partition coefficient (Wildman–Crippen LogP) is 5.67. The number of amides is 4. The van der Waals surface area contributed by atoms with Gasteiger partial charge in [-0.05, 0) is 56.2 Å². The van der Waals surface area contributed by atoms with Crippen LogP contribution in [0.3, 0.4) is 0 Å². The lowest BCUT2D eigenvalue weighted by Gasteiger charge is -2.47. The van der Waals surface area contributed by atoms with Crippen molar-refractivity contribution in [2.24, 2.45) is 4.99 Å². The van der Waals surface area contributed by atoms with Crippen LogP contribution in [0, 0.1) is 0 Å². The summed E-state index contributed by atoms with van der Waals surface area (Å²) in [6.07, 6.45) is 1.77. The van der Waals surface area contributed by atoms with E-state index in [0.717, 1.165) is 16.8 Å². The number of aromatic nitrogens is 1. The summed E-state index contributed by atoms with van der Waals surface area (Å²) in [7, 11) is 0. The largest absolute Gasteiger partial charge is 0.493 e. The fourth-order valence-electron chi connectivity index (χ4n) is 7.24. The van der Waals surface area contributed by atoms with E-state index in [2.05, 4.69) is 26.1 Å². The molecule has 2 fully saturated rings. The fourth-order valence-corrected chi connectivity index (χ4v) is 7.49. The molecular formula is C39H47Cl2N7O4. The molecule has 13 heteroatoms. The molecule has 1 aromatic heterocycles. The summed E-state index contributed by atoms with van der Waals surface area (Å²) in [5, 5.41) is 3.93. The smallest absolute Gasteiger partial charge is 0.326 e. The highest BCUT2D eigenvalue weighted by atomic mass is 35.5. The molecule has 0 radical (unpaired) electrons. The normalized spacial score (nSPS) is 22.7. The van der Waals surface area contributed by atoms with Gasteiger partial charge in [0.15, 0.2) is 0 Å². The van der Waals surface area contributed by atoms with Crippen LogP contribution in [0.5, 0.6) is 5.75 Å². The summed E-state index contributed by atoms with van der Waals surface area (Å²) < 4.78 is 6.27. The van der Waals surface area contributed by atoms with Crippen molar-refractivity contribution in [3.05, 3.63) is 93.2 Å². The lowest BCUT2D eigenvalue weighted by Crippen LogP contribution is -2.61. The van der Waals surface area contributed by atoms with Crippen LogP contribution >= 0.6 is 23.2 Å². The highest BCUT2D eigenvalue weighted by Gasteiger charge is 2.60. The van der Waals surface area contributed by atoms with Crippen molar-refractivity contribution in [3.8, 4) is 5.75 Å². The number of carbonyl (C=O) groups is 3. The van der Waals surface area contributed by atoms with Gasteiger partial charge < -0.3 is 19.9 Å². The monoisotopic (exact) mass is 747 g/mol. The second-order valence-electron chi connectivity index (χ2n) is 14.9. The molecule has 11 nitrogen and oxygen atoms in total. The van der Waals surface area contributed by atoms with Crippen molar-refractivity contribution >= 4 is 46.9 Å². The summed E-state index contributed by atoms with van der Waals surface area (Å²) in [5.74, 6) is 0.792. The molecule has 0 aliphatic carbocycles. The van der Waals surface area contributed by atoms with Gasteiger partial charge in [-0.1, -0.05) is 68.2 Å². The molecule has 0 unspecified atom stereocenters. The van der Waals surface area contributed by atoms with Crippen LogP contribution < -0.4 is 10.1 Å². The number of piperazine rings is 2. The minimum Gasteiger partial charge on any atom is -0.493 e. The van der Waals surface area contributed by atoms with E-state index in [1.807, 2.05) is 85.2 Å². The molecule has 4 heterocycles. The Kier molecular flexibility index (Phi) is 10.6. The van der Waals surface area contributed by atoms with E-state index < -0.39 is 11.1 Å². The Morgan fingerprint density at radius 1 is 0.904 bits per heavy atom. The highest BCUT2D eigenvalue weighted by molar-refractivity contribution is 6.30. The minimum atomic E-state index is -1.06. The number of nitrogens with zero attached hydrogens (tertiary/aromatic N) is 6. The summed E-state index contributed by atoms with van der Waals surface area (Å²) in [6.45, 7) is 15.7. The van der Waals surface area contributed by atoms with Gasteiger partial charge in [0.2, 0.25) is 11.8 Å². The quantitative estimate of drug-likeness (QED) is 0.334. The van der Waals surface area contributed by atoms with Gasteiger partial charge in [-0.2, -0.15) is 0 Å². The van der Waals surface area contributed by atoms with Crippen LogP contribution in [0.15, 0.2) is 65.8 Å². The second-order valence-corrected chi connectivity index (χ2v) is 15.8. The van der Waals surface area contributed by atoms with Gasteiger partial charge in [-0.25, -0.2) is 4.79 Å². The molecule has 52 heavy (non-hydrogen) atoms. The maximum atomic E-state index is 15.2. The zero-order valence-electron chi connectivity index (χ0n) is 30.7. The van der Waals surface area contributed by atoms with Crippen LogP contribution in [0.1, 0.15) is 63.9 Å².